The maximum absolute atomic E-state index is 13.8. The van der Waals surface area contributed by atoms with Gasteiger partial charge in [-0.2, -0.15) is 10.4 Å². The Hall–Kier alpha value is -2.72. The Kier molecular flexibility index (Phi) is 6.99. The largest absolute Gasteiger partial charge is 0.340 e. The highest BCUT2D eigenvalue weighted by molar-refractivity contribution is 5.76. The first-order valence-corrected chi connectivity index (χ1v) is 10.1. The van der Waals surface area contributed by atoms with Gasteiger partial charge in [0.15, 0.2) is 0 Å². The number of benzene rings is 1. The number of amides is 1. The Bertz CT molecular complexity index is 893. The fourth-order valence-electron chi connectivity index (χ4n) is 3.88. The van der Waals surface area contributed by atoms with Gasteiger partial charge in [0.1, 0.15) is 5.82 Å². The molecule has 0 bridgehead atoms. The lowest BCUT2D eigenvalue weighted by Gasteiger charge is -2.35. The third-order valence-corrected chi connectivity index (χ3v) is 5.63. The summed E-state index contributed by atoms with van der Waals surface area (Å²) in [7, 11) is 0. The summed E-state index contributed by atoms with van der Waals surface area (Å²) in [6, 6.07) is 8.99. The van der Waals surface area contributed by atoms with Gasteiger partial charge in [-0.1, -0.05) is 18.2 Å². The molecule has 7 heteroatoms. The maximum atomic E-state index is 13.8. The highest BCUT2D eigenvalue weighted by atomic mass is 19.1. The summed E-state index contributed by atoms with van der Waals surface area (Å²) in [6.07, 6.45) is 1.55. The summed E-state index contributed by atoms with van der Waals surface area (Å²) in [6.45, 7) is 7.97. The molecule has 0 unspecified atom stereocenters. The number of hydrogen-bond donors (Lipinski definition) is 0. The molecule has 1 aromatic carbocycles. The molecular weight excluding hydrogens is 369 g/mol. The molecule has 6 nitrogen and oxygen atoms in total. The number of piperazine rings is 1. The number of hydrogen-bond acceptors (Lipinski definition) is 4. The van der Waals surface area contributed by atoms with Crippen molar-refractivity contribution in [2.75, 3.05) is 26.2 Å². The van der Waals surface area contributed by atoms with Crippen molar-refractivity contribution in [2.24, 2.45) is 0 Å². The van der Waals surface area contributed by atoms with Crippen LogP contribution in [0.15, 0.2) is 24.3 Å². The molecule has 0 spiro atoms. The number of rotatable bonds is 7. The quantitative estimate of drug-likeness (QED) is 0.721. The van der Waals surface area contributed by atoms with Crippen LogP contribution in [0.3, 0.4) is 0 Å². The maximum Gasteiger partial charge on any atom is 0.222 e. The summed E-state index contributed by atoms with van der Waals surface area (Å²) in [5, 5.41) is 13.3. The molecule has 29 heavy (non-hydrogen) atoms. The van der Waals surface area contributed by atoms with Crippen molar-refractivity contribution >= 4 is 5.91 Å². The molecule has 2 aromatic rings. The summed E-state index contributed by atoms with van der Waals surface area (Å²) in [4.78, 5) is 16.8. The van der Waals surface area contributed by atoms with E-state index in [1.165, 1.54) is 6.07 Å². The van der Waals surface area contributed by atoms with E-state index in [1.54, 1.807) is 6.07 Å². The van der Waals surface area contributed by atoms with Crippen molar-refractivity contribution in [1.82, 2.24) is 19.6 Å². The molecule has 1 fully saturated rings. The third kappa shape index (κ3) is 5.21. The lowest BCUT2D eigenvalue weighted by Crippen LogP contribution is -2.48. The van der Waals surface area contributed by atoms with Crippen molar-refractivity contribution in [3.8, 4) is 6.07 Å². The monoisotopic (exact) mass is 397 g/mol. The Morgan fingerprint density at radius 3 is 2.62 bits per heavy atom. The zero-order chi connectivity index (χ0) is 20.8. The minimum Gasteiger partial charge on any atom is -0.340 e. The topological polar surface area (TPSA) is 65.2 Å². The van der Waals surface area contributed by atoms with Crippen molar-refractivity contribution < 1.29 is 9.18 Å². The lowest BCUT2D eigenvalue weighted by molar-refractivity contribution is -0.133. The average molecular weight is 397 g/mol. The van der Waals surface area contributed by atoms with Crippen molar-refractivity contribution in [1.29, 1.82) is 5.26 Å². The average Bonchev–Trinajstić information content (AvgIpc) is 2.99. The third-order valence-electron chi connectivity index (χ3n) is 5.63. The molecule has 154 valence electrons. The lowest BCUT2D eigenvalue weighted by atomic mass is 10.1. The molecule has 3 rings (SSSR count). The van der Waals surface area contributed by atoms with Crippen LogP contribution in [0.2, 0.25) is 0 Å². The molecular formula is C22H28FN5O. The van der Waals surface area contributed by atoms with Gasteiger partial charge in [-0.15, -0.1) is 0 Å². The minimum atomic E-state index is -0.174. The number of carbonyl (C=O) groups excluding carboxylic acids is 1. The SMILES string of the molecule is Cc1nn(CCC#N)c(C)c1CCC(=O)N1CCN(Cc2ccccc2F)CC1. The number of aromatic nitrogens is 2. The van der Waals surface area contributed by atoms with Crippen LogP contribution in [0.5, 0.6) is 0 Å². The van der Waals surface area contributed by atoms with E-state index in [1.807, 2.05) is 35.6 Å². The van der Waals surface area contributed by atoms with Crippen LogP contribution in [0.1, 0.15) is 35.4 Å². The summed E-state index contributed by atoms with van der Waals surface area (Å²) < 4.78 is 15.7. The molecule has 0 saturated carbocycles. The van der Waals surface area contributed by atoms with Gasteiger partial charge in [0.05, 0.1) is 24.7 Å². The van der Waals surface area contributed by atoms with Crippen LogP contribution in [0, 0.1) is 31.0 Å². The van der Waals surface area contributed by atoms with Gasteiger partial charge in [0.2, 0.25) is 5.91 Å². The van der Waals surface area contributed by atoms with Gasteiger partial charge in [-0.25, -0.2) is 4.39 Å². The highest BCUT2D eigenvalue weighted by Gasteiger charge is 2.22. The number of halogens is 1. The van der Waals surface area contributed by atoms with E-state index in [0.29, 0.717) is 51.0 Å². The highest BCUT2D eigenvalue weighted by Crippen LogP contribution is 2.17. The van der Waals surface area contributed by atoms with E-state index in [-0.39, 0.29) is 11.7 Å². The van der Waals surface area contributed by atoms with E-state index in [4.69, 9.17) is 5.26 Å². The zero-order valence-electron chi connectivity index (χ0n) is 17.2. The molecule has 2 heterocycles. The van der Waals surface area contributed by atoms with Gasteiger partial charge >= 0.3 is 0 Å². The molecule has 0 aliphatic carbocycles. The molecule has 1 aromatic heterocycles. The van der Waals surface area contributed by atoms with E-state index >= 15 is 0 Å². The van der Waals surface area contributed by atoms with E-state index < -0.39 is 0 Å². The summed E-state index contributed by atoms with van der Waals surface area (Å²) in [5.74, 6) is -0.0221. The molecule has 1 aliphatic heterocycles. The normalized spacial score (nSPS) is 14.8. The van der Waals surface area contributed by atoms with Crippen molar-refractivity contribution in [3.63, 3.8) is 0 Å². The fourth-order valence-corrected chi connectivity index (χ4v) is 3.88. The number of aryl methyl sites for hydroxylation is 2. The molecule has 0 atom stereocenters. The van der Waals surface area contributed by atoms with Crippen LogP contribution < -0.4 is 0 Å². The molecule has 1 amide bonds. The second kappa shape index (κ2) is 9.66. The zero-order valence-corrected chi connectivity index (χ0v) is 17.2. The summed E-state index contributed by atoms with van der Waals surface area (Å²) >= 11 is 0. The van der Waals surface area contributed by atoms with Crippen LogP contribution in [-0.4, -0.2) is 51.7 Å². The smallest absolute Gasteiger partial charge is 0.222 e. The predicted molar refractivity (Wildman–Crippen MR) is 109 cm³/mol. The van der Waals surface area contributed by atoms with Crippen LogP contribution >= 0.6 is 0 Å². The summed E-state index contributed by atoms with van der Waals surface area (Å²) in [5.41, 5.74) is 3.78. The van der Waals surface area contributed by atoms with E-state index in [0.717, 1.165) is 30.0 Å². The fraction of sp³-hybridized carbons (Fsp3) is 0.500. The molecule has 1 aliphatic rings. The van der Waals surface area contributed by atoms with E-state index in [9.17, 15) is 9.18 Å². The second-order valence-electron chi connectivity index (χ2n) is 7.53. The first-order valence-electron chi connectivity index (χ1n) is 10.1. The molecule has 0 radical (unpaired) electrons. The Morgan fingerprint density at radius 2 is 1.93 bits per heavy atom. The van der Waals surface area contributed by atoms with Crippen molar-refractivity contribution in [2.45, 2.75) is 46.2 Å². The van der Waals surface area contributed by atoms with Gasteiger partial charge in [0, 0.05) is 50.4 Å². The van der Waals surface area contributed by atoms with Crippen LogP contribution in [0.4, 0.5) is 4.39 Å². The number of nitriles is 1. The van der Waals surface area contributed by atoms with Gasteiger partial charge < -0.3 is 4.90 Å². The standard InChI is InChI=1S/C22H28FN5O/c1-17-20(18(2)28(25-17)11-5-10-24)8-9-22(29)27-14-12-26(13-15-27)16-19-6-3-4-7-21(19)23/h3-4,6-7H,5,8-9,11-16H2,1-2H3. The van der Waals surface area contributed by atoms with Crippen LogP contribution in [0.25, 0.3) is 0 Å². The molecule has 0 N–H and O–H groups in total. The Balaban J connectivity index is 1.49. The van der Waals surface area contributed by atoms with Crippen LogP contribution in [-0.2, 0) is 24.3 Å². The molecule has 1 saturated heterocycles. The first-order chi connectivity index (χ1) is 14.0. The number of carbonyl (C=O) groups is 1. The van der Waals surface area contributed by atoms with E-state index in [2.05, 4.69) is 16.1 Å². The van der Waals surface area contributed by atoms with Gasteiger partial charge in [-0.05, 0) is 31.9 Å². The van der Waals surface area contributed by atoms with Gasteiger partial charge in [0.25, 0.3) is 0 Å². The Labute approximate surface area is 171 Å². The Morgan fingerprint density at radius 1 is 1.21 bits per heavy atom. The minimum absolute atomic E-state index is 0.152. The number of nitrogens with zero attached hydrogens (tertiary/aromatic N) is 5. The first kappa shape index (κ1) is 21.0. The van der Waals surface area contributed by atoms with Gasteiger partial charge in [-0.3, -0.25) is 14.4 Å². The van der Waals surface area contributed by atoms with Crippen molar-refractivity contribution in [3.05, 3.63) is 52.6 Å². The second-order valence-corrected chi connectivity index (χ2v) is 7.53. The predicted octanol–water partition coefficient (Wildman–Crippen LogP) is 2.83.